The van der Waals surface area contributed by atoms with Crippen LogP contribution < -0.4 is 10.1 Å². The molecule has 0 saturated carbocycles. The molecule has 0 bridgehead atoms. The average Bonchev–Trinajstić information content (AvgIpc) is 3.00. The van der Waals surface area contributed by atoms with Crippen molar-refractivity contribution in [3.05, 3.63) is 23.8 Å². The summed E-state index contributed by atoms with van der Waals surface area (Å²) >= 11 is 0. The van der Waals surface area contributed by atoms with E-state index >= 15 is 0 Å². The number of sulfonamides is 1. The fourth-order valence-corrected chi connectivity index (χ4v) is 4.51. The van der Waals surface area contributed by atoms with E-state index in [4.69, 9.17) is 9.47 Å². The molecule has 1 aromatic carbocycles. The van der Waals surface area contributed by atoms with Crippen molar-refractivity contribution in [2.75, 3.05) is 33.4 Å². The Labute approximate surface area is 166 Å². The standard InChI is InChI=1S/C19H28N2O6S/c1-3-10-20-18(22)14-27-19(23)16-13-15(8-9-17(16)26-2)28(24,25)21-11-6-4-5-7-12-21/h8-9,13H,3-7,10-12,14H2,1-2H3,(H,20,22). The van der Waals surface area contributed by atoms with Gasteiger partial charge < -0.3 is 14.8 Å². The van der Waals surface area contributed by atoms with E-state index in [2.05, 4.69) is 5.32 Å². The number of carbonyl (C=O) groups excluding carboxylic acids is 2. The van der Waals surface area contributed by atoms with Gasteiger partial charge >= 0.3 is 5.97 Å². The van der Waals surface area contributed by atoms with Crippen LogP contribution in [0.2, 0.25) is 0 Å². The lowest BCUT2D eigenvalue weighted by molar-refractivity contribution is -0.124. The molecule has 0 unspecified atom stereocenters. The Hall–Kier alpha value is -2.13. The van der Waals surface area contributed by atoms with Crippen molar-refractivity contribution in [2.24, 2.45) is 0 Å². The average molecular weight is 413 g/mol. The third-order valence-corrected chi connectivity index (χ3v) is 6.39. The van der Waals surface area contributed by atoms with Crippen LogP contribution in [0.4, 0.5) is 0 Å². The van der Waals surface area contributed by atoms with E-state index in [0.717, 1.165) is 32.1 Å². The van der Waals surface area contributed by atoms with Crippen molar-refractivity contribution in [2.45, 2.75) is 43.9 Å². The molecule has 1 fully saturated rings. The maximum atomic E-state index is 13.0. The summed E-state index contributed by atoms with van der Waals surface area (Å²) in [5, 5.41) is 2.60. The number of ether oxygens (including phenoxy) is 2. The number of rotatable bonds is 8. The van der Waals surface area contributed by atoms with E-state index < -0.39 is 28.5 Å². The SMILES string of the molecule is CCCNC(=O)COC(=O)c1cc(S(=O)(=O)N2CCCCCC2)ccc1OC. The molecule has 1 aromatic rings. The van der Waals surface area contributed by atoms with Gasteiger partial charge in [0.15, 0.2) is 6.61 Å². The molecule has 8 nitrogen and oxygen atoms in total. The minimum absolute atomic E-state index is 0.0117. The highest BCUT2D eigenvalue weighted by Gasteiger charge is 2.27. The molecule has 1 amide bonds. The molecule has 1 heterocycles. The lowest BCUT2D eigenvalue weighted by Crippen LogP contribution is -2.32. The van der Waals surface area contributed by atoms with Crippen LogP contribution in [0, 0.1) is 0 Å². The highest BCUT2D eigenvalue weighted by molar-refractivity contribution is 7.89. The Bertz CT molecular complexity index is 786. The molecule has 0 spiro atoms. The van der Waals surface area contributed by atoms with Crippen molar-refractivity contribution in [1.82, 2.24) is 9.62 Å². The number of esters is 1. The van der Waals surface area contributed by atoms with Crippen LogP contribution in [-0.2, 0) is 19.6 Å². The molecule has 0 atom stereocenters. The van der Waals surface area contributed by atoms with E-state index in [9.17, 15) is 18.0 Å². The Morgan fingerprint density at radius 1 is 1.14 bits per heavy atom. The fraction of sp³-hybridized carbons (Fsp3) is 0.579. The predicted molar refractivity (Wildman–Crippen MR) is 104 cm³/mol. The van der Waals surface area contributed by atoms with Crippen molar-refractivity contribution in [1.29, 1.82) is 0 Å². The molecular weight excluding hydrogens is 384 g/mol. The number of benzene rings is 1. The second kappa shape index (κ2) is 10.4. The third-order valence-electron chi connectivity index (χ3n) is 4.50. The maximum absolute atomic E-state index is 13.0. The predicted octanol–water partition coefficient (Wildman–Crippen LogP) is 1.94. The summed E-state index contributed by atoms with van der Waals surface area (Å²) in [5.41, 5.74) is -0.0262. The van der Waals surface area contributed by atoms with Crippen LogP contribution in [0.25, 0.3) is 0 Å². The lowest BCUT2D eigenvalue weighted by atomic mass is 10.2. The first-order chi connectivity index (χ1) is 13.4. The Balaban J connectivity index is 2.20. The largest absolute Gasteiger partial charge is 0.496 e. The minimum Gasteiger partial charge on any atom is -0.496 e. The zero-order valence-corrected chi connectivity index (χ0v) is 17.2. The molecule has 0 aromatic heterocycles. The van der Waals surface area contributed by atoms with Gasteiger partial charge in [-0.15, -0.1) is 0 Å². The highest BCUT2D eigenvalue weighted by atomic mass is 32.2. The van der Waals surface area contributed by atoms with Crippen molar-refractivity contribution < 1.29 is 27.5 Å². The maximum Gasteiger partial charge on any atom is 0.342 e. The van der Waals surface area contributed by atoms with Gasteiger partial charge in [-0.05, 0) is 37.5 Å². The topological polar surface area (TPSA) is 102 Å². The van der Waals surface area contributed by atoms with Gasteiger partial charge in [-0.25, -0.2) is 13.2 Å². The van der Waals surface area contributed by atoms with Crippen LogP contribution >= 0.6 is 0 Å². The summed E-state index contributed by atoms with van der Waals surface area (Å²) in [5.74, 6) is -1.03. The summed E-state index contributed by atoms with van der Waals surface area (Å²) < 4.78 is 37.6. The van der Waals surface area contributed by atoms with Gasteiger partial charge in [0, 0.05) is 19.6 Å². The Kier molecular flexibility index (Phi) is 8.25. The van der Waals surface area contributed by atoms with Gasteiger partial charge in [-0.1, -0.05) is 19.8 Å². The van der Waals surface area contributed by atoms with Crippen LogP contribution in [0.5, 0.6) is 5.75 Å². The summed E-state index contributed by atoms with van der Waals surface area (Å²) in [6.45, 7) is 2.89. The van der Waals surface area contributed by atoms with Gasteiger partial charge in [0.05, 0.1) is 12.0 Å². The number of nitrogens with one attached hydrogen (secondary N) is 1. The van der Waals surface area contributed by atoms with Gasteiger partial charge in [0.1, 0.15) is 11.3 Å². The lowest BCUT2D eigenvalue weighted by Gasteiger charge is -2.20. The molecule has 156 valence electrons. The number of nitrogens with zero attached hydrogens (tertiary/aromatic N) is 1. The second-order valence-electron chi connectivity index (χ2n) is 6.61. The van der Waals surface area contributed by atoms with Crippen LogP contribution in [0.15, 0.2) is 23.1 Å². The normalized spacial score (nSPS) is 15.5. The van der Waals surface area contributed by atoms with Crippen molar-refractivity contribution in [3.8, 4) is 5.75 Å². The minimum atomic E-state index is -3.72. The van der Waals surface area contributed by atoms with Crippen LogP contribution in [0.3, 0.4) is 0 Å². The zero-order valence-electron chi connectivity index (χ0n) is 16.4. The molecule has 1 N–H and O–H groups in total. The number of amides is 1. The van der Waals surface area contributed by atoms with Gasteiger partial charge in [0.2, 0.25) is 10.0 Å². The van der Waals surface area contributed by atoms with Gasteiger partial charge in [-0.2, -0.15) is 4.31 Å². The fourth-order valence-electron chi connectivity index (χ4n) is 2.96. The first-order valence-corrected chi connectivity index (χ1v) is 11.0. The molecule has 0 radical (unpaired) electrons. The second-order valence-corrected chi connectivity index (χ2v) is 8.54. The molecular formula is C19H28N2O6S. The quantitative estimate of drug-likeness (QED) is 0.655. The van der Waals surface area contributed by atoms with E-state index in [0.29, 0.717) is 19.6 Å². The summed E-state index contributed by atoms with van der Waals surface area (Å²) in [7, 11) is -2.34. The number of hydrogen-bond donors (Lipinski definition) is 1. The summed E-state index contributed by atoms with van der Waals surface area (Å²) in [6.07, 6.45) is 4.41. The smallest absolute Gasteiger partial charge is 0.342 e. The Morgan fingerprint density at radius 2 is 1.82 bits per heavy atom. The molecule has 28 heavy (non-hydrogen) atoms. The number of methoxy groups -OCH3 is 1. The molecule has 2 rings (SSSR count). The van der Waals surface area contributed by atoms with E-state index in [1.54, 1.807) is 0 Å². The molecule has 1 aliphatic heterocycles. The third kappa shape index (κ3) is 5.68. The zero-order chi connectivity index (χ0) is 20.6. The molecule has 1 aliphatic rings. The van der Waals surface area contributed by atoms with Gasteiger partial charge in [0.25, 0.3) is 5.91 Å². The molecule has 0 aliphatic carbocycles. The highest BCUT2D eigenvalue weighted by Crippen LogP contribution is 2.26. The summed E-state index contributed by atoms with van der Waals surface area (Å²) in [6, 6.07) is 4.10. The Morgan fingerprint density at radius 3 is 2.43 bits per heavy atom. The summed E-state index contributed by atoms with van der Waals surface area (Å²) in [4.78, 5) is 24.1. The van der Waals surface area contributed by atoms with Crippen molar-refractivity contribution in [3.63, 3.8) is 0 Å². The first-order valence-electron chi connectivity index (χ1n) is 9.52. The van der Waals surface area contributed by atoms with Crippen molar-refractivity contribution >= 4 is 21.9 Å². The molecule has 9 heteroatoms. The van der Waals surface area contributed by atoms with Gasteiger partial charge in [-0.3, -0.25) is 4.79 Å². The monoisotopic (exact) mass is 412 g/mol. The van der Waals surface area contributed by atoms with Crippen LogP contribution in [-0.4, -0.2) is 58.0 Å². The molecule has 1 saturated heterocycles. The van der Waals surface area contributed by atoms with Crippen LogP contribution in [0.1, 0.15) is 49.4 Å². The van der Waals surface area contributed by atoms with E-state index in [1.165, 1.54) is 29.6 Å². The first kappa shape index (κ1) is 22.2. The van der Waals surface area contributed by atoms with E-state index in [-0.39, 0.29) is 16.2 Å². The number of hydrogen-bond acceptors (Lipinski definition) is 6. The van der Waals surface area contributed by atoms with E-state index in [1.807, 2.05) is 6.92 Å². The number of carbonyl (C=O) groups is 2.